The molecule has 0 unspecified atom stereocenters. The zero-order valence-corrected chi connectivity index (χ0v) is 15.9. The number of hydrogen-bond donors (Lipinski definition) is 0. The van der Waals surface area contributed by atoms with E-state index in [1.54, 1.807) is 13.0 Å². The summed E-state index contributed by atoms with van der Waals surface area (Å²) in [6.07, 6.45) is -4.73. The molecule has 3 rings (SSSR count). The van der Waals surface area contributed by atoms with E-state index in [1.807, 2.05) is 4.90 Å². The van der Waals surface area contributed by atoms with Crippen LogP contribution in [0.15, 0.2) is 33.7 Å². The van der Waals surface area contributed by atoms with Crippen molar-refractivity contribution < 1.29 is 26.1 Å². The van der Waals surface area contributed by atoms with E-state index < -0.39 is 31.7 Å². The van der Waals surface area contributed by atoms with Gasteiger partial charge in [0.25, 0.3) is 0 Å². The second-order valence-corrected chi connectivity index (χ2v) is 8.60. The van der Waals surface area contributed by atoms with Crippen LogP contribution < -0.4 is 0 Å². The zero-order chi connectivity index (χ0) is 19.8. The van der Waals surface area contributed by atoms with E-state index in [0.29, 0.717) is 31.5 Å². The molecular weight excluding hydrogens is 407 g/mol. The van der Waals surface area contributed by atoms with E-state index >= 15 is 0 Å². The van der Waals surface area contributed by atoms with E-state index in [1.165, 1.54) is 4.31 Å². The molecule has 1 aliphatic heterocycles. The molecule has 6 nitrogen and oxygen atoms in total. The molecule has 0 N–H and O–H groups in total. The summed E-state index contributed by atoms with van der Waals surface area (Å²) in [5, 5.41) is 3.27. The maximum absolute atomic E-state index is 13.0. The third-order valence-electron chi connectivity index (χ3n) is 4.27. The predicted molar refractivity (Wildman–Crippen MR) is 91.7 cm³/mol. The van der Waals surface area contributed by atoms with Crippen molar-refractivity contribution in [3.63, 3.8) is 0 Å². The normalized spacial score (nSPS) is 17.4. The fraction of sp³-hybridized carbons (Fsp3) is 0.438. The third kappa shape index (κ3) is 4.45. The zero-order valence-electron chi connectivity index (χ0n) is 14.3. The van der Waals surface area contributed by atoms with Crippen LogP contribution >= 0.6 is 11.6 Å². The van der Waals surface area contributed by atoms with Crippen molar-refractivity contribution in [2.45, 2.75) is 24.5 Å². The second kappa shape index (κ2) is 7.42. The number of benzene rings is 1. The summed E-state index contributed by atoms with van der Waals surface area (Å²) in [5.41, 5.74) is -0.404. The molecule has 27 heavy (non-hydrogen) atoms. The number of aromatic nitrogens is 1. The van der Waals surface area contributed by atoms with Crippen molar-refractivity contribution in [1.82, 2.24) is 14.4 Å². The minimum Gasteiger partial charge on any atom is -0.360 e. The second-order valence-electron chi connectivity index (χ2n) is 6.25. The van der Waals surface area contributed by atoms with Crippen molar-refractivity contribution in [3.05, 3.63) is 46.3 Å². The van der Waals surface area contributed by atoms with Crippen LogP contribution in [0.2, 0.25) is 5.02 Å². The van der Waals surface area contributed by atoms with Crippen LogP contribution in [0.1, 0.15) is 17.0 Å². The van der Waals surface area contributed by atoms with E-state index in [2.05, 4.69) is 5.16 Å². The first-order chi connectivity index (χ1) is 12.6. The van der Waals surface area contributed by atoms with Gasteiger partial charge in [0.05, 0.1) is 27.7 Å². The molecule has 1 aromatic carbocycles. The van der Waals surface area contributed by atoms with E-state index in [9.17, 15) is 21.6 Å². The van der Waals surface area contributed by atoms with Gasteiger partial charge in [-0.1, -0.05) is 16.8 Å². The Morgan fingerprint density at radius 2 is 1.85 bits per heavy atom. The molecule has 0 bridgehead atoms. The number of piperazine rings is 1. The van der Waals surface area contributed by atoms with Crippen molar-refractivity contribution in [3.8, 4) is 0 Å². The Balaban J connectivity index is 1.72. The highest BCUT2D eigenvalue weighted by molar-refractivity contribution is 7.89. The fourth-order valence-electron chi connectivity index (χ4n) is 2.87. The number of sulfonamides is 1. The van der Waals surface area contributed by atoms with Crippen LogP contribution in [-0.2, 0) is 22.7 Å². The van der Waals surface area contributed by atoms with E-state index in [4.69, 9.17) is 16.1 Å². The average molecular weight is 424 g/mol. The summed E-state index contributed by atoms with van der Waals surface area (Å²) in [6, 6.07) is 4.44. The molecule has 0 spiro atoms. The van der Waals surface area contributed by atoms with Gasteiger partial charge in [-0.05, 0) is 25.1 Å². The Kier molecular flexibility index (Phi) is 5.53. The topological polar surface area (TPSA) is 66.7 Å². The maximum Gasteiger partial charge on any atom is 0.417 e. The summed E-state index contributed by atoms with van der Waals surface area (Å²) in [7, 11) is -4.04. The summed E-state index contributed by atoms with van der Waals surface area (Å²) < 4.78 is 70.8. The summed E-state index contributed by atoms with van der Waals surface area (Å²) >= 11 is 5.57. The highest BCUT2D eigenvalue weighted by Crippen LogP contribution is 2.36. The van der Waals surface area contributed by atoms with Gasteiger partial charge in [-0.25, -0.2) is 8.42 Å². The van der Waals surface area contributed by atoms with Crippen LogP contribution in [-0.4, -0.2) is 49.0 Å². The minimum absolute atomic E-state index is 0.166. The number of hydrogen-bond acceptors (Lipinski definition) is 5. The third-order valence-corrected chi connectivity index (χ3v) is 6.49. The molecule has 1 fully saturated rings. The lowest BCUT2D eigenvalue weighted by molar-refractivity contribution is -0.137. The van der Waals surface area contributed by atoms with Crippen molar-refractivity contribution in [1.29, 1.82) is 0 Å². The van der Waals surface area contributed by atoms with Gasteiger partial charge in [0, 0.05) is 32.2 Å². The molecule has 1 aromatic heterocycles. The van der Waals surface area contributed by atoms with Gasteiger partial charge in [0.1, 0.15) is 0 Å². The van der Waals surface area contributed by atoms with Gasteiger partial charge in [-0.3, -0.25) is 4.90 Å². The smallest absolute Gasteiger partial charge is 0.360 e. The first-order valence-corrected chi connectivity index (χ1v) is 9.90. The molecule has 0 radical (unpaired) electrons. The highest BCUT2D eigenvalue weighted by atomic mass is 35.5. The lowest BCUT2D eigenvalue weighted by Crippen LogP contribution is -2.48. The first kappa shape index (κ1) is 20.1. The average Bonchev–Trinajstić information content (AvgIpc) is 2.99. The van der Waals surface area contributed by atoms with Crippen molar-refractivity contribution in [2.24, 2.45) is 0 Å². The largest absolute Gasteiger partial charge is 0.417 e. The van der Waals surface area contributed by atoms with Gasteiger partial charge in [0.2, 0.25) is 10.0 Å². The molecule has 0 atom stereocenters. The molecule has 0 amide bonds. The SMILES string of the molecule is Cc1cc(CN2CCN(S(=O)(=O)c3ccc(Cl)c(C(F)(F)F)c3)CC2)on1. The molecule has 0 aliphatic carbocycles. The fourth-order valence-corrected chi connectivity index (χ4v) is 4.54. The molecule has 2 heterocycles. The van der Waals surface area contributed by atoms with Gasteiger partial charge in [-0.2, -0.15) is 17.5 Å². The Morgan fingerprint density at radius 1 is 1.19 bits per heavy atom. The number of rotatable bonds is 4. The number of halogens is 4. The Bertz CT molecular complexity index is 922. The van der Waals surface area contributed by atoms with Crippen LogP contribution in [0, 0.1) is 6.92 Å². The molecule has 148 valence electrons. The minimum atomic E-state index is -4.73. The quantitative estimate of drug-likeness (QED) is 0.755. The Morgan fingerprint density at radius 3 is 2.41 bits per heavy atom. The lowest BCUT2D eigenvalue weighted by atomic mass is 10.2. The molecule has 0 saturated carbocycles. The highest BCUT2D eigenvalue weighted by Gasteiger charge is 2.36. The van der Waals surface area contributed by atoms with Gasteiger partial charge in [-0.15, -0.1) is 0 Å². The Labute approximate surface area is 159 Å². The summed E-state index contributed by atoms with van der Waals surface area (Å²) in [6.45, 7) is 3.49. The summed E-state index contributed by atoms with van der Waals surface area (Å²) in [5.74, 6) is 0.677. The number of aryl methyl sites for hydroxylation is 1. The van der Waals surface area contributed by atoms with Crippen LogP contribution in [0.4, 0.5) is 13.2 Å². The van der Waals surface area contributed by atoms with E-state index in [0.717, 1.165) is 17.8 Å². The monoisotopic (exact) mass is 423 g/mol. The predicted octanol–water partition coefficient (Wildman–Crippen LogP) is 3.16. The number of alkyl halides is 3. The first-order valence-electron chi connectivity index (χ1n) is 8.09. The van der Waals surface area contributed by atoms with Crippen molar-refractivity contribution in [2.75, 3.05) is 26.2 Å². The lowest BCUT2D eigenvalue weighted by Gasteiger charge is -2.33. The van der Waals surface area contributed by atoms with E-state index in [-0.39, 0.29) is 13.1 Å². The van der Waals surface area contributed by atoms with Gasteiger partial charge < -0.3 is 4.52 Å². The molecule has 1 aliphatic rings. The van der Waals surface area contributed by atoms with Gasteiger partial charge >= 0.3 is 6.18 Å². The molecule has 1 saturated heterocycles. The Hall–Kier alpha value is -1.62. The molecule has 11 heteroatoms. The molecule has 2 aromatic rings. The maximum atomic E-state index is 13.0. The summed E-state index contributed by atoms with van der Waals surface area (Å²) in [4.78, 5) is 1.58. The number of nitrogens with zero attached hydrogens (tertiary/aromatic N) is 3. The standard InChI is InChI=1S/C16H17ClF3N3O3S/c1-11-8-12(26-21-11)10-22-4-6-23(7-5-22)27(24,25)13-2-3-15(17)14(9-13)16(18,19)20/h2-3,8-9H,4-7,10H2,1H3. The van der Waals surface area contributed by atoms with Crippen LogP contribution in [0.3, 0.4) is 0 Å². The van der Waals surface area contributed by atoms with Gasteiger partial charge in [0.15, 0.2) is 5.76 Å². The van der Waals surface area contributed by atoms with Crippen molar-refractivity contribution >= 4 is 21.6 Å². The van der Waals surface area contributed by atoms with Crippen LogP contribution in [0.25, 0.3) is 0 Å². The van der Waals surface area contributed by atoms with Crippen LogP contribution in [0.5, 0.6) is 0 Å². The molecular formula is C16H17ClF3N3O3S.